The van der Waals surface area contributed by atoms with E-state index in [2.05, 4.69) is 77.2 Å². The van der Waals surface area contributed by atoms with E-state index in [1.165, 1.54) is 89.9 Å². The Kier molecular flexibility index (Phi) is 25.2. The molecule has 0 radical (unpaired) electrons. The van der Waals surface area contributed by atoms with Crippen LogP contribution in [0.1, 0.15) is 149 Å². The van der Waals surface area contributed by atoms with Gasteiger partial charge in [0.25, 0.3) is 0 Å². The van der Waals surface area contributed by atoms with Gasteiger partial charge in [-0.25, -0.2) is 0 Å². The highest BCUT2D eigenvalue weighted by molar-refractivity contribution is 6.87. The molecule has 0 aromatic carbocycles. The van der Waals surface area contributed by atoms with E-state index >= 15 is 0 Å². The molecule has 0 saturated carbocycles. The average Bonchev–Trinajstić information content (AvgIpc) is 2.93. The number of nitrogens with one attached hydrogen (secondary N) is 2. The highest BCUT2D eigenvalue weighted by Crippen LogP contribution is 2.26. The van der Waals surface area contributed by atoms with Gasteiger partial charge < -0.3 is 18.9 Å². The molecule has 2 unspecified atom stereocenters. The molecular weight excluding hydrogens is 609 g/mol. The van der Waals surface area contributed by atoms with Crippen LogP contribution in [0, 0.1) is 5.92 Å². The lowest BCUT2D eigenvalue weighted by Gasteiger charge is -2.38. The van der Waals surface area contributed by atoms with Gasteiger partial charge in [-0.15, -0.1) is 0 Å². The van der Waals surface area contributed by atoms with E-state index in [0.29, 0.717) is 13.0 Å². The summed E-state index contributed by atoms with van der Waals surface area (Å²) in [6.45, 7) is 22.6. The first-order valence-electron chi connectivity index (χ1n) is 19.1. The van der Waals surface area contributed by atoms with Crippen LogP contribution in [0.2, 0.25) is 51.9 Å². The second kappa shape index (κ2) is 25.5. The number of hydrogen-bond donors (Lipinski definition) is 2. The van der Waals surface area contributed by atoms with E-state index < -0.39 is 31.2 Å². The highest BCUT2D eigenvalue weighted by atomic mass is 28.5. The molecule has 45 heavy (non-hydrogen) atoms. The zero-order valence-corrected chi connectivity index (χ0v) is 34.8. The first-order chi connectivity index (χ1) is 21.1. The largest absolute Gasteiger partial charge is 0.437 e. The van der Waals surface area contributed by atoms with Crippen LogP contribution in [0.3, 0.4) is 0 Å². The van der Waals surface area contributed by atoms with Gasteiger partial charge in [-0.1, -0.05) is 130 Å². The molecule has 2 N–H and O–H groups in total. The van der Waals surface area contributed by atoms with Crippen molar-refractivity contribution < 1.29 is 17.8 Å². The fraction of sp³-hybridized carbons (Fsp3) is 0.944. The van der Waals surface area contributed by atoms with Crippen LogP contribution >= 0.6 is 0 Å². The molecule has 0 aliphatic heterocycles. The number of amides is 2. The van der Waals surface area contributed by atoms with Crippen molar-refractivity contribution in [2.45, 2.75) is 207 Å². The SMILES string of the molecule is CCCCCCCCCCCCCCCCCCNC(=O)C(NC(=O)CCCC[Si](C)(O[Si](C)(C)C)O[Si](C)(C)C)C(C)CC. The van der Waals surface area contributed by atoms with Crippen molar-refractivity contribution in [2.24, 2.45) is 5.92 Å². The Balaban J connectivity index is 4.19. The predicted molar refractivity (Wildman–Crippen MR) is 203 cm³/mol. The van der Waals surface area contributed by atoms with Crippen LogP contribution in [-0.2, 0) is 17.8 Å². The van der Waals surface area contributed by atoms with Crippen molar-refractivity contribution in [3.63, 3.8) is 0 Å². The summed E-state index contributed by atoms with van der Waals surface area (Å²) in [5.74, 6) is 0.0369. The third-order valence-electron chi connectivity index (χ3n) is 8.47. The monoisotopic (exact) mass is 687 g/mol. The van der Waals surface area contributed by atoms with E-state index in [0.717, 1.165) is 38.1 Å². The smallest absolute Gasteiger partial charge is 0.314 e. The molecule has 0 aromatic heterocycles. The van der Waals surface area contributed by atoms with Gasteiger partial charge in [0.05, 0.1) is 0 Å². The summed E-state index contributed by atoms with van der Waals surface area (Å²) in [7, 11) is -5.73. The zero-order valence-electron chi connectivity index (χ0n) is 31.8. The van der Waals surface area contributed by atoms with Crippen LogP contribution in [-0.4, -0.2) is 49.6 Å². The molecule has 0 spiro atoms. The minimum absolute atomic E-state index is 0.0292. The average molecular weight is 687 g/mol. The molecule has 6 nitrogen and oxygen atoms in total. The molecule has 2 amide bonds. The van der Waals surface area contributed by atoms with Gasteiger partial charge in [0, 0.05) is 13.0 Å². The molecule has 0 aliphatic rings. The fourth-order valence-corrected chi connectivity index (χ4v) is 18.7. The van der Waals surface area contributed by atoms with Crippen LogP contribution in [0.4, 0.5) is 0 Å². The normalized spacial score (nSPS) is 13.9. The lowest BCUT2D eigenvalue weighted by Crippen LogP contribution is -2.52. The second-order valence-corrected chi connectivity index (χ2v) is 28.6. The van der Waals surface area contributed by atoms with Crippen molar-refractivity contribution in [3.05, 3.63) is 0 Å². The lowest BCUT2D eigenvalue weighted by molar-refractivity contribution is -0.130. The maximum atomic E-state index is 13.0. The molecule has 0 bridgehead atoms. The molecular formula is C36H78N2O4Si3. The second-order valence-electron chi connectivity index (χ2n) is 15.8. The number of carbonyl (C=O) groups excluding carboxylic acids is 2. The Hall–Kier alpha value is -0.489. The van der Waals surface area contributed by atoms with Crippen molar-refractivity contribution in [1.29, 1.82) is 0 Å². The van der Waals surface area contributed by atoms with Gasteiger partial charge >= 0.3 is 8.56 Å². The zero-order chi connectivity index (χ0) is 34.2. The molecule has 0 heterocycles. The number of unbranched alkanes of at least 4 members (excludes halogenated alkanes) is 16. The quantitative estimate of drug-likeness (QED) is 0.0582. The van der Waals surface area contributed by atoms with Crippen molar-refractivity contribution in [3.8, 4) is 0 Å². The minimum atomic E-state index is -2.28. The van der Waals surface area contributed by atoms with E-state index in [1.54, 1.807) is 0 Å². The molecule has 0 rings (SSSR count). The lowest BCUT2D eigenvalue weighted by atomic mass is 9.98. The van der Waals surface area contributed by atoms with Crippen LogP contribution < -0.4 is 10.6 Å². The van der Waals surface area contributed by atoms with Gasteiger partial charge in [0.2, 0.25) is 11.8 Å². The van der Waals surface area contributed by atoms with E-state index in [-0.39, 0.29) is 17.7 Å². The Morgan fingerprint density at radius 3 is 1.42 bits per heavy atom. The summed E-state index contributed by atoms with van der Waals surface area (Å²) >= 11 is 0. The van der Waals surface area contributed by atoms with Gasteiger partial charge in [-0.2, -0.15) is 0 Å². The first-order valence-corrected chi connectivity index (χ1v) is 28.4. The summed E-state index contributed by atoms with van der Waals surface area (Å²) < 4.78 is 13.2. The summed E-state index contributed by atoms with van der Waals surface area (Å²) in [5, 5.41) is 6.17. The molecule has 9 heteroatoms. The minimum Gasteiger partial charge on any atom is -0.437 e. The van der Waals surface area contributed by atoms with Crippen LogP contribution in [0.25, 0.3) is 0 Å². The number of rotatable bonds is 30. The Bertz CT molecular complexity index is 740. The first kappa shape index (κ1) is 44.5. The standard InChI is InChI=1S/C36H78N2O4Si3/c1-11-13-14-15-16-17-18-19-20-21-22-23-24-25-26-28-31-37-36(40)35(33(3)12-2)38-34(39)30-27-29-32-45(10,41-43(4,5)6)42-44(7,8)9/h33,35H,11-32H2,1-10H3,(H,37,40)(H,38,39). The van der Waals surface area contributed by atoms with Crippen molar-refractivity contribution >= 4 is 37.0 Å². The molecule has 0 aliphatic carbocycles. The van der Waals surface area contributed by atoms with Crippen LogP contribution in [0.5, 0.6) is 0 Å². The molecule has 268 valence electrons. The van der Waals surface area contributed by atoms with Crippen molar-refractivity contribution in [2.75, 3.05) is 6.54 Å². The molecule has 0 aromatic rings. The Morgan fingerprint density at radius 2 is 1.02 bits per heavy atom. The van der Waals surface area contributed by atoms with Gasteiger partial charge in [-0.3, -0.25) is 9.59 Å². The van der Waals surface area contributed by atoms with E-state index in [4.69, 9.17) is 8.23 Å². The predicted octanol–water partition coefficient (Wildman–Crippen LogP) is 10.8. The molecule has 0 saturated heterocycles. The molecule has 0 fully saturated rings. The molecule has 2 atom stereocenters. The van der Waals surface area contributed by atoms with Gasteiger partial charge in [0.1, 0.15) is 6.04 Å². The van der Waals surface area contributed by atoms with Gasteiger partial charge in [0.15, 0.2) is 16.6 Å². The van der Waals surface area contributed by atoms with Crippen molar-refractivity contribution in [1.82, 2.24) is 10.6 Å². The summed E-state index contributed by atoms with van der Waals surface area (Å²) in [5.41, 5.74) is 0. The topological polar surface area (TPSA) is 76.7 Å². The maximum Gasteiger partial charge on any atom is 0.314 e. The summed E-state index contributed by atoms with van der Waals surface area (Å²) in [6, 6.07) is 0.442. The number of carbonyl (C=O) groups is 2. The Morgan fingerprint density at radius 1 is 0.600 bits per heavy atom. The number of hydrogen-bond acceptors (Lipinski definition) is 4. The maximum absolute atomic E-state index is 13.0. The van der Waals surface area contributed by atoms with E-state index in [9.17, 15) is 9.59 Å². The van der Waals surface area contributed by atoms with Gasteiger partial charge in [-0.05, 0) is 70.6 Å². The highest BCUT2D eigenvalue weighted by Gasteiger charge is 2.39. The van der Waals surface area contributed by atoms with E-state index in [1.807, 2.05) is 0 Å². The third kappa shape index (κ3) is 27.2. The fourth-order valence-electron chi connectivity index (χ4n) is 6.09. The third-order valence-corrected chi connectivity index (χ3v) is 18.1. The van der Waals surface area contributed by atoms with Crippen LogP contribution in [0.15, 0.2) is 0 Å². The summed E-state index contributed by atoms with van der Waals surface area (Å²) in [4.78, 5) is 25.9. The summed E-state index contributed by atoms with van der Waals surface area (Å²) in [6.07, 6.45) is 24.4. The Labute approximate surface area is 284 Å².